The number of benzene rings is 1. The summed E-state index contributed by atoms with van der Waals surface area (Å²) in [6.07, 6.45) is 2.31. The molecule has 2 aromatic rings. The SMILES string of the molecule is CC(C)C1(CNC(=O)c2sc3cccc(F)c3c2N)CC1. The maximum absolute atomic E-state index is 13.8. The van der Waals surface area contributed by atoms with E-state index in [-0.39, 0.29) is 22.8 Å². The van der Waals surface area contributed by atoms with Crippen LogP contribution < -0.4 is 11.1 Å². The maximum Gasteiger partial charge on any atom is 0.263 e. The van der Waals surface area contributed by atoms with Crippen molar-refractivity contribution >= 4 is 33.0 Å². The number of halogens is 1. The van der Waals surface area contributed by atoms with Gasteiger partial charge in [-0.25, -0.2) is 4.39 Å². The molecule has 112 valence electrons. The number of carbonyl (C=O) groups excluding carboxylic acids is 1. The number of anilines is 1. The first-order valence-electron chi connectivity index (χ1n) is 7.19. The van der Waals surface area contributed by atoms with Gasteiger partial charge in [0.2, 0.25) is 0 Å². The van der Waals surface area contributed by atoms with Crippen molar-refractivity contribution in [3.63, 3.8) is 0 Å². The third-order valence-electron chi connectivity index (χ3n) is 4.63. The molecule has 1 aromatic heterocycles. The Morgan fingerprint density at radius 3 is 2.76 bits per heavy atom. The van der Waals surface area contributed by atoms with Gasteiger partial charge in [-0.1, -0.05) is 19.9 Å². The van der Waals surface area contributed by atoms with Gasteiger partial charge in [0.05, 0.1) is 11.1 Å². The normalized spacial score (nSPS) is 16.4. The highest BCUT2D eigenvalue weighted by molar-refractivity contribution is 7.21. The minimum Gasteiger partial charge on any atom is -0.397 e. The van der Waals surface area contributed by atoms with Crippen LogP contribution in [0.1, 0.15) is 36.4 Å². The van der Waals surface area contributed by atoms with Gasteiger partial charge in [-0.15, -0.1) is 11.3 Å². The maximum atomic E-state index is 13.8. The summed E-state index contributed by atoms with van der Waals surface area (Å²) in [6, 6.07) is 4.78. The van der Waals surface area contributed by atoms with E-state index < -0.39 is 0 Å². The van der Waals surface area contributed by atoms with Crippen LogP contribution in [-0.2, 0) is 0 Å². The standard InChI is InChI=1S/C16H19FN2OS/c1-9(2)16(6-7-16)8-19-15(20)14-13(18)12-10(17)4-3-5-11(12)21-14/h3-5,9H,6-8,18H2,1-2H3,(H,19,20). The Morgan fingerprint density at radius 2 is 2.19 bits per heavy atom. The smallest absolute Gasteiger partial charge is 0.263 e. The number of nitrogens with one attached hydrogen (secondary N) is 1. The first-order valence-corrected chi connectivity index (χ1v) is 8.01. The summed E-state index contributed by atoms with van der Waals surface area (Å²) in [6.45, 7) is 5.03. The fourth-order valence-corrected chi connectivity index (χ4v) is 3.81. The molecule has 0 atom stereocenters. The highest BCUT2D eigenvalue weighted by Gasteiger charge is 2.45. The summed E-state index contributed by atoms with van der Waals surface area (Å²) in [5.74, 6) is -0.0174. The Balaban J connectivity index is 1.82. The van der Waals surface area contributed by atoms with Crippen LogP contribution in [0.25, 0.3) is 10.1 Å². The molecular weight excluding hydrogens is 287 g/mol. The zero-order valence-electron chi connectivity index (χ0n) is 12.2. The Hall–Kier alpha value is -1.62. The molecule has 1 saturated carbocycles. The van der Waals surface area contributed by atoms with Gasteiger partial charge in [-0.05, 0) is 36.3 Å². The van der Waals surface area contributed by atoms with Crippen molar-refractivity contribution in [2.75, 3.05) is 12.3 Å². The van der Waals surface area contributed by atoms with Gasteiger partial charge in [-0.2, -0.15) is 0 Å². The lowest BCUT2D eigenvalue weighted by Crippen LogP contribution is -2.32. The predicted molar refractivity (Wildman–Crippen MR) is 85.0 cm³/mol. The predicted octanol–water partition coefficient (Wildman–Crippen LogP) is 3.79. The number of nitrogens with two attached hydrogens (primary N) is 1. The molecule has 21 heavy (non-hydrogen) atoms. The fourth-order valence-electron chi connectivity index (χ4n) is 2.75. The van der Waals surface area contributed by atoms with Crippen LogP contribution in [0.15, 0.2) is 18.2 Å². The van der Waals surface area contributed by atoms with Crippen LogP contribution in [0.2, 0.25) is 0 Å². The van der Waals surface area contributed by atoms with E-state index in [1.807, 2.05) is 0 Å². The molecule has 3 N–H and O–H groups in total. The highest BCUT2D eigenvalue weighted by atomic mass is 32.1. The molecule has 0 saturated heterocycles. The lowest BCUT2D eigenvalue weighted by atomic mass is 9.92. The topological polar surface area (TPSA) is 55.1 Å². The lowest BCUT2D eigenvalue weighted by molar-refractivity contribution is 0.0944. The Kier molecular flexibility index (Phi) is 3.40. The third kappa shape index (κ3) is 2.39. The number of hydrogen-bond donors (Lipinski definition) is 2. The van der Waals surface area contributed by atoms with E-state index in [4.69, 9.17) is 5.73 Å². The number of amides is 1. The summed E-state index contributed by atoms with van der Waals surface area (Å²) in [4.78, 5) is 12.8. The number of nitrogen functional groups attached to an aromatic ring is 1. The first kappa shape index (κ1) is 14.3. The average Bonchev–Trinajstić information content (AvgIpc) is 3.16. The van der Waals surface area contributed by atoms with Crippen LogP contribution in [0.4, 0.5) is 10.1 Å². The molecule has 5 heteroatoms. The van der Waals surface area contributed by atoms with Gasteiger partial charge >= 0.3 is 0 Å². The van der Waals surface area contributed by atoms with Gasteiger partial charge < -0.3 is 11.1 Å². The summed E-state index contributed by atoms with van der Waals surface area (Å²) in [5, 5.41) is 3.33. The van der Waals surface area contributed by atoms with Crippen molar-refractivity contribution in [2.24, 2.45) is 11.3 Å². The first-order chi connectivity index (χ1) is 9.94. The molecule has 1 aliphatic rings. The zero-order chi connectivity index (χ0) is 15.2. The third-order valence-corrected chi connectivity index (χ3v) is 5.80. The fraction of sp³-hybridized carbons (Fsp3) is 0.438. The number of carbonyl (C=O) groups is 1. The molecule has 0 unspecified atom stereocenters. The second kappa shape index (κ2) is 4.98. The quantitative estimate of drug-likeness (QED) is 0.903. The second-order valence-corrected chi connectivity index (χ2v) is 7.21. The molecule has 1 fully saturated rings. The Morgan fingerprint density at radius 1 is 1.48 bits per heavy atom. The molecule has 3 nitrogen and oxygen atoms in total. The summed E-state index contributed by atoms with van der Waals surface area (Å²) >= 11 is 1.25. The monoisotopic (exact) mass is 306 g/mol. The Bertz CT molecular complexity index is 704. The number of rotatable bonds is 4. The van der Waals surface area contributed by atoms with Crippen molar-refractivity contribution in [3.8, 4) is 0 Å². The Labute approximate surface area is 127 Å². The van der Waals surface area contributed by atoms with E-state index in [9.17, 15) is 9.18 Å². The van der Waals surface area contributed by atoms with Crippen molar-refractivity contribution in [1.29, 1.82) is 0 Å². The van der Waals surface area contributed by atoms with E-state index in [0.717, 1.165) is 12.8 Å². The van der Waals surface area contributed by atoms with Gasteiger partial charge in [0.1, 0.15) is 10.7 Å². The number of hydrogen-bond acceptors (Lipinski definition) is 3. The second-order valence-electron chi connectivity index (χ2n) is 6.16. The summed E-state index contributed by atoms with van der Waals surface area (Å²) in [5.41, 5.74) is 6.46. The van der Waals surface area contributed by atoms with Crippen molar-refractivity contribution in [3.05, 3.63) is 28.9 Å². The van der Waals surface area contributed by atoms with E-state index in [1.165, 1.54) is 17.4 Å². The summed E-state index contributed by atoms with van der Waals surface area (Å²) in [7, 11) is 0. The average molecular weight is 306 g/mol. The van der Waals surface area contributed by atoms with Crippen LogP contribution in [-0.4, -0.2) is 12.5 Å². The van der Waals surface area contributed by atoms with Gasteiger partial charge in [0.15, 0.2) is 0 Å². The van der Waals surface area contributed by atoms with Crippen LogP contribution >= 0.6 is 11.3 Å². The molecule has 3 rings (SSSR count). The molecule has 1 aliphatic carbocycles. The zero-order valence-corrected chi connectivity index (χ0v) is 13.0. The van der Waals surface area contributed by atoms with E-state index in [0.29, 0.717) is 27.4 Å². The molecule has 0 spiro atoms. The van der Waals surface area contributed by atoms with Crippen LogP contribution in [0.5, 0.6) is 0 Å². The van der Waals surface area contributed by atoms with E-state index in [1.54, 1.807) is 12.1 Å². The van der Waals surface area contributed by atoms with Gasteiger partial charge in [0.25, 0.3) is 5.91 Å². The largest absolute Gasteiger partial charge is 0.397 e. The number of thiophene rings is 1. The van der Waals surface area contributed by atoms with Crippen molar-refractivity contribution in [2.45, 2.75) is 26.7 Å². The molecule has 0 radical (unpaired) electrons. The molecule has 0 bridgehead atoms. The molecule has 1 heterocycles. The highest BCUT2D eigenvalue weighted by Crippen LogP contribution is 2.51. The summed E-state index contributed by atoms with van der Waals surface area (Å²) < 4.78 is 14.5. The molecule has 0 aliphatic heterocycles. The minimum absolute atomic E-state index is 0.194. The molecule has 1 aromatic carbocycles. The van der Waals surface area contributed by atoms with Crippen LogP contribution in [0, 0.1) is 17.2 Å². The van der Waals surface area contributed by atoms with E-state index in [2.05, 4.69) is 19.2 Å². The van der Waals surface area contributed by atoms with Gasteiger partial charge in [-0.3, -0.25) is 4.79 Å². The minimum atomic E-state index is -0.374. The molecular formula is C16H19FN2OS. The van der Waals surface area contributed by atoms with Crippen LogP contribution in [0.3, 0.4) is 0 Å². The van der Waals surface area contributed by atoms with E-state index >= 15 is 0 Å². The van der Waals surface area contributed by atoms with Crippen molar-refractivity contribution in [1.82, 2.24) is 5.32 Å². The van der Waals surface area contributed by atoms with Crippen molar-refractivity contribution < 1.29 is 9.18 Å². The van der Waals surface area contributed by atoms with Gasteiger partial charge in [0, 0.05) is 11.2 Å². The molecule has 1 amide bonds. The number of fused-ring (bicyclic) bond motifs is 1. The lowest BCUT2D eigenvalue weighted by Gasteiger charge is -2.19.